The van der Waals surface area contributed by atoms with Gasteiger partial charge in [0.1, 0.15) is 6.61 Å². The number of ether oxygens (including phenoxy) is 2. The standard InChI is InChI=1S/C14H18N4O2/c1-11(13-10-15-5-6-16-13)18-12-3-4-14(17-9-12)20-8-7-19-2/h3-6,9-11,18H,7-8H2,1-2H3. The van der Waals surface area contributed by atoms with Gasteiger partial charge in [-0.15, -0.1) is 0 Å². The zero-order valence-electron chi connectivity index (χ0n) is 11.6. The molecular weight excluding hydrogens is 256 g/mol. The largest absolute Gasteiger partial charge is 0.475 e. The van der Waals surface area contributed by atoms with E-state index in [-0.39, 0.29) is 6.04 Å². The van der Waals surface area contributed by atoms with Crippen LogP contribution in [0.3, 0.4) is 0 Å². The minimum atomic E-state index is 0.0609. The van der Waals surface area contributed by atoms with Gasteiger partial charge in [0.25, 0.3) is 0 Å². The van der Waals surface area contributed by atoms with Crippen molar-refractivity contribution in [3.8, 4) is 5.88 Å². The van der Waals surface area contributed by atoms with Gasteiger partial charge in [-0.3, -0.25) is 9.97 Å². The first-order chi connectivity index (χ1) is 9.79. The molecule has 1 atom stereocenters. The van der Waals surface area contributed by atoms with E-state index in [1.807, 2.05) is 19.1 Å². The quantitative estimate of drug-likeness (QED) is 0.779. The van der Waals surface area contributed by atoms with Crippen LogP contribution in [-0.4, -0.2) is 35.3 Å². The van der Waals surface area contributed by atoms with Crippen LogP contribution in [0.4, 0.5) is 5.69 Å². The van der Waals surface area contributed by atoms with Gasteiger partial charge in [-0.25, -0.2) is 4.98 Å². The van der Waals surface area contributed by atoms with E-state index in [0.717, 1.165) is 11.4 Å². The molecule has 0 radical (unpaired) electrons. The summed E-state index contributed by atoms with van der Waals surface area (Å²) < 4.78 is 10.3. The van der Waals surface area contributed by atoms with Crippen LogP contribution in [0.15, 0.2) is 36.9 Å². The SMILES string of the molecule is COCCOc1ccc(NC(C)c2cnccn2)cn1. The molecule has 20 heavy (non-hydrogen) atoms. The maximum absolute atomic E-state index is 5.40. The number of nitrogens with zero attached hydrogens (tertiary/aromatic N) is 3. The van der Waals surface area contributed by atoms with Crippen LogP contribution in [0.1, 0.15) is 18.7 Å². The van der Waals surface area contributed by atoms with Gasteiger partial charge in [0.05, 0.1) is 36.4 Å². The molecule has 0 spiro atoms. The Hall–Kier alpha value is -2.21. The lowest BCUT2D eigenvalue weighted by Crippen LogP contribution is -2.09. The average molecular weight is 274 g/mol. The van der Waals surface area contributed by atoms with E-state index in [1.54, 1.807) is 31.9 Å². The van der Waals surface area contributed by atoms with E-state index < -0.39 is 0 Å². The van der Waals surface area contributed by atoms with Crippen molar-refractivity contribution >= 4 is 5.69 Å². The van der Waals surface area contributed by atoms with E-state index in [4.69, 9.17) is 9.47 Å². The number of hydrogen-bond donors (Lipinski definition) is 1. The normalized spacial score (nSPS) is 11.9. The van der Waals surface area contributed by atoms with Crippen molar-refractivity contribution in [1.82, 2.24) is 15.0 Å². The van der Waals surface area contributed by atoms with Crippen molar-refractivity contribution in [2.24, 2.45) is 0 Å². The maximum Gasteiger partial charge on any atom is 0.213 e. The van der Waals surface area contributed by atoms with Crippen molar-refractivity contribution in [2.45, 2.75) is 13.0 Å². The van der Waals surface area contributed by atoms with Crippen LogP contribution in [-0.2, 0) is 4.74 Å². The van der Waals surface area contributed by atoms with Gasteiger partial charge < -0.3 is 14.8 Å². The smallest absolute Gasteiger partial charge is 0.213 e. The predicted molar refractivity (Wildman–Crippen MR) is 75.7 cm³/mol. The Bertz CT molecular complexity index is 504. The summed E-state index contributed by atoms with van der Waals surface area (Å²) in [5.74, 6) is 0.583. The zero-order valence-corrected chi connectivity index (χ0v) is 11.6. The molecule has 2 aromatic heterocycles. The van der Waals surface area contributed by atoms with Crippen molar-refractivity contribution in [2.75, 3.05) is 25.6 Å². The first kappa shape index (κ1) is 14.2. The van der Waals surface area contributed by atoms with Gasteiger partial charge in [0.15, 0.2) is 0 Å². The van der Waals surface area contributed by atoms with Crippen LogP contribution < -0.4 is 10.1 Å². The van der Waals surface area contributed by atoms with E-state index >= 15 is 0 Å². The second kappa shape index (κ2) is 7.40. The molecule has 106 valence electrons. The van der Waals surface area contributed by atoms with Crippen molar-refractivity contribution in [3.05, 3.63) is 42.6 Å². The van der Waals surface area contributed by atoms with E-state index in [9.17, 15) is 0 Å². The fourth-order valence-corrected chi connectivity index (χ4v) is 1.64. The fraction of sp³-hybridized carbons (Fsp3) is 0.357. The number of nitrogens with one attached hydrogen (secondary N) is 1. The average Bonchev–Trinajstić information content (AvgIpc) is 2.50. The number of aromatic nitrogens is 3. The molecule has 2 heterocycles. The summed E-state index contributed by atoms with van der Waals surface area (Å²) in [4.78, 5) is 12.5. The molecular formula is C14H18N4O2. The third-order valence-corrected chi connectivity index (χ3v) is 2.68. The molecule has 0 aliphatic rings. The molecule has 2 rings (SSSR count). The maximum atomic E-state index is 5.40. The summed E-state index contributed by atoms with van der Waals surface area (Å²) in [5, 5.41) is 3.31. The number of pyridine rings is 1. The third-order valence-electron chi connectivity index (χ3n) is 2.68. The Morgan fingerprint density at radius 3 is 2.70 bits per heavy atom. The Morgan fingerprint density at radius 2 is 2.05 bits per heavy atom. The first-order valence-electron chi connectivity index (χ1n) is 6.40. The van der Waals surface area contributed by atoms with Gasteiger partial charge in [0.2, 0.25) is 5.88 Å². The van der Waals surface area contributed by atoms with Gasteiger partial charge in [-0.05, 0) is 13.0 Å². The summed E-state index contributed by atoms with van der Waals surface area (Å²) >= 11 is 0. The predicted octanol–water partition coefficient (Wildman–Crippen LogP) is 2.07. The second-order valence-electron chi connectivity index (χ2n) is 4.22. The van der Waals surface area contributed by atoms with Gasteiger partial charge >= 0.3 is 0 Å². The lowest BCUT2D eigenvalue weighted by Gasteiger charge is -2.14. The zero-order chi connectivity index (χ0) is 14.2. The molecule has 6 nitrogen and oxygen atoms in total. The van der Waals surface area contributed by atoms with E-state index in [2.05, 4.69) is 20.3 Å². The monoisotopic (exact) mass is 274 g/mol. The molecule has 0 saturated heterocycles. The Morgan fingerprint density at radius 1 is 1.15 bits per heavy atom. The van der Waals surface area contributed by atoms with Crippen LogP contribution in [0.25, 0.3) is 0 Å². The minimum absolute atomic E-state index is 0.0609. The minimum Gasteiger partial charge on any atom is -0.475 e. The highest BCUT2D eigenvalue weighted by molar-refractivity contribution is 5.43. The molecule has 1 unspecified atom stereocenters. The van der Waals surface area contributed by atoms with Crippen LogP contribution in [0.2, 0.25) is 0 Å². The molecule has 0 bridgehead atoms. The lowest BCUT2D eigenvalue weighted by atomic mass is 10.2. The number of anilines is 1. The highest BCUT2D eigenvalue weighted by Crippen LogP contribution is 2.17. The second-order valence-corrected chi connectivity index (χ2v) is 4.22. The van der Waals surface area contributed by atoms with Crippen LogP contribution >= 0.6 is 0 Å². The Balaban J connectivity index is 1.90. The highest BCUT2D eigenvalue weighted by Gasteiger charge is 2.06. The van der Waals surface area contributed by atoms with Gasteiger partial charge in [0, 0.05) is 25.6 Å². The Labute approximate surface area is 118 Å². The first-order valence-corrected chi connectivity index (χ1v) is 6.40. The third kappa shape index (κ3) is 4.17. The summed E-state index contributed by atoms with van der Waals surface area (Å²) in [6.07, 6.45) is 6.81. The molecule has 6 heteroatoms. The van der Waals surface area contributed by atoms with Crippen molar-refractivity contribution < 1.29 is 9.47 Å². The number of methoxy groups -OCH3 is 1. The topological polar surface area (TPSA) is 69.2 Å². The molecule has 2 aromatic rings. The highest BCUT2D eigenvalue weighted by atomic mass is 16.5. The summed E-state index contributed by atoms with van der Waals surface area (Å²) in [7, 11) is 1.64. The Kier molecular flexibility index (Phi) is 5.25. The van der Waals surface area contributed by atoms with Crippen LogP contribution in [0, 0.1) is 0 Å². The molecule has 0 aliphatic carbocycles. The number of hydrogen-bond acceptors (Lipinski definition) is 6. The van der Waals surface area contributed by atoms with Gasteiger partial charge in [-0.1, -0.05) is 0 Å². The van der Waals surface area contributed by atoms with Crippen LogP contribution in [0.5, 0.6) is 5.88 Å². The summed E-state index contributed by atoms with van der Waals surface area (Å²) in [6.45, 7) is 3.06. The molecule has 0 aromatic carbocycles. The van der Waals surface area contributed by atoms with E-state index in [1.165, 1.54) is 0 Å². The lowest BCUT2D eigenvalue weighted by molar-refractivity contribution is 0.144. The molecule has 0 saturated carbocycles. The number of rotatable bonds is 7. The molecule has 0 fully saturated rings. The van der Waals surface area contributed by atoms with Gasteiger partial charge in [-0.2, -0.15) is 0 Å². The molecule has 0 amide bonds. The summed E-state index contributed by atoms with van der Waals surface area (Å²) in [5.41, 5.74) is 1.79. The summed E-state index contributed by atoms with van der Waals surface area (Å²) in [6, 6.07) is 3.80. The van der Waals surface area contributed by atoms with E-state index in [0.29, 0.717) is 19.1 Å². The van der Waals surface area contributed by atoms with Crippen molar-refractivity contribution in [3.63, 3.8) is 0 Å². The molecule has 1 N–H and O–H groups in total. The molecule has 0 aliphatic heterocycles. The fourth-order valence-electron chi connectivity index (χ4n) is 1.64. The van der Waals surface area contributed by atoms with Crippen molar-refractivity contribution in [1.29, 1.82) is 0 Å².